The predicted molar refractivity (Wildman–Crippen MR) is 63.5 cm³/mol. The standard InChI is InChI=1S/C13H13NO2/c1-10-6-8-11(9-7-10)12-4-2-3-5-13(12)14(15)16/h3,5-9H,2,4H2,1H3. The van der Waals surface area contributed by atoms with E-state index in [-0.39, 0.29) is 10.6 Å². The first-order valence-electron chi connectivity index (χ1n) is 5.29. The van der Waals surface area contributed by atoms with Crippen LogP contribution in [0.1, 0.15) is 24.0 Å². The Kier molecular flexibility index (Phi) is 2.86. The number of allylic oxidation sites excluding steroid dienone is 3. The molecule has 0 saturated heterocycles. The van der Waals surface area contributed by atoms with Gasteiger partial charge in [0.25, 0.3) is 5.70 Å². The molecule has 0 saturated carbocycles. The van der Waals surface area contributed by atoms with Gasteiger partial charge in [0.05, 0.1) is 4.92 Å². The Morgan fingerprint density at radius 3 is 2.56 bits per heavy atom. The van der Waals surface area contributed by atoms with E-state index in [2.05, 4.69) is 0 Å². The number of aryl methyl sites for hydroxylation is 1. The van der Waals surface area contributed by atoms with E-state index < -0.39 is 0 Å². The van der Waals surface area contributed by atoms with Crippen LogP contribution in [0.5, 0.6) is 0 Å². The summed E-state index contributed by atoms with van der Waals surface area (Å²) in [4.78, 5) is 10.6. The van der Waals surface area contributed by atoms with Gasteiger partial charge in [0.2, 0.25) is 0 Å². The zero-order valence-corrected chi connectivity index (χ0v) is 9.14. The summed E-state index contributed by atoms with van der Waals surface area (Å²) in [5.41, 5.74) is 3.20. The lowest BCUT2D eigenvalue weighted by molar-refractivity contribution is -0.418. The molecule has 0 radical (unpaired) electrons. The largest absolute Gasteiger partial charge is 0.272 e. The highest BCUT2D eigenvalue weighted by Gasteiger charge is 2.19. The maximum atomic E-state index is 10.9. The molecule has 16 heavy (non-hydrogen) atoms. The second-order valence-corrected chi connectivity index (χ2v) is 3.93. The molecular weight excluding hydrogens is 202 g/mol. The Bertz CT molecular complexity index is 469. The third kappa shape index (κ3) is 2.03. The van der Waals surface area contributed by atoms with E-state index in [0.29, 0.717) is 0 Å². The summed E-state index contributed by atoms with van der Waals surface area (Å²) in [6.07, 6.45) is 5.09. The van der Waals surface area contributed by atoms with Crippen molar-refractivity contribution >= 4 is 5.57 Å². The van der Waals surface area contributed by atoms with Crippen molar-refractivity contribution in [3.05, 3.63) is 63.4 Å². The number of nitrogens with zero attached hydrogens (tertiary/aromatic N) is 1. The van der Waals surface area contributed by atoms with Gasteiger partial charge in [-0.15, -0.1) is 0 Å². The molecule has 0 fully saturated rings. The first kappa shape index (κ1) is 10.6. The Balaban J connectivity index is 2.48. The molecule has 82 valence electrons. The lowest BCUT2D eigenvalue weighted by atomic mass is 9.95. The normalized spacial score (nSPS) is 15.3. The van der Waals surface area contributed by atoms with Crippen molar-refractivity contribution < 1.29 is 4.92 Å². The summed E-state index contributed by atoms with van der Waals surface area (Å²) in [6.45, 7) is 2.01. The van der Waals surface area contributed by atoms with Crippen LogP contribution in [-0.4, -0.2) is 4.92 Å². The molecule has 1 aromatic rings. The molecule has 0 heterocycles. The Labute approximate surface area is 94.3 Å². The molecule has 1 aliphatic carbocycles. The number of hydrogen-bond acceptors (Lipinski definition) is 2. The van der Waals surface area contributed by atoms with Gasteiger partial charge in [-0.1, -0.05) is 35.9 Å². The third-order valence-corrected chi connectivity index (χ3v) is 2.74. The first-order chi connectivity index (χ1) is 7.68. The van der Waals surface area contributed by atoms with Crippen molar-refractivity contribution in [2.75, 3.05) is 0 Å². The summed E-state index contributed by atoms with van der Waals surface area (Å²) >= 11 is 0. The molecule has 2 rings (SSSR count). The minimum atomic E-state index is -0.301. The Morgan fingerprint density at radius 2 is 1.94 bits per heavy atom. The van der Waals surface area contributed by atoms with Crippen LogP contribution in [0, 0.1) is 17.0 Å². The van der Waals surface area contributed by atoms with Gasteiger partial charge in [0.15, 0.2) is 0 Å². The lowest BCUT2D eigenvalue weighted by Crippen LogP contribution is -2.03. The van der Waals surface area contributed by atoms with Crippen LogP contribution in [0.4, 0.5) is 0 Å². The second-order valence-electron chi connectivity index (χ2n) is 3.93. The molecule has 0 N–H and O–H groups in total. The Hall–Kier alpha value is -1.90. The van der Waals surface area contributed by atoms with Gasteiger partial charge < -0.3 is 0 Å². The van der Waals surface area contributed by atoms with E-state index in [1.54, 1.807) is 6.08 Å². The van der Waals surface area contributed by atoms with E-state index in [0.717, 1.165) is 24.0 Å². The summed E-state index contributed by atoms with van der Waals surface area (Å²) in [5.74, 6) is 0. The molecule has 0 unspecified atom stereocenters. The third-order valence-electron chi connectivity index (χ3n) is 2.74. The van der Waals surface area contributed by atoms with Gasteiger partial charge >= 0.3 is 0 Å². The van der Waals surface area contributed by atoms with Crippen LogP contribution in [0.25, 0.3) is 5.57 Å². The molecule has 0 atom stereocenters. The molecule has 0 amide bonds. The fraction of sp³-hybridized carbons (Fsp3) is 0.231. The molecule has 0 bridgehead atoms. The number of nitro groups is 1. The molecular formula is C13H13NO2. The molecule has 0 aromatic heterocycles. The molecule has 1 aromatic carbocycles. The summed E-state index contributed by atoms with van der Waals surface area (Å²) in [5, 5.41) is 10.9. The molecule has 3 nitrogen and oxygen atoms in total. The lowest BCUT2D eigenvalue weighted by Gasteiger charge is -2.10. The quantitative estimate of drug-likeness (QED) is 0.561. The molecule has 1 aliphatic rings. The van der Waals surface area contributed by atoms with Gasteiger partial charge in [-0.3, -0.25) is 10.1 Å². The second kappa shape index (κ2) is 4.31. The smallest absolute Gasteiger partial charge is 0.258 e. The highest BCUT2D eigenvalue weighted by Crippen LogP contribution is 2.28. The van der Waals surface area contributed by atoms with Crippen molar-refractivity contribution in [1.29, 1.82) is 0 Å². The van der Waals surface area contributed by atoms with E-state index in [1.807, 2.05) is 37.3 Å². The highest BCUT2D eigenvalue weighted by atomic mass is 16.6. The zero-order chi connectivity index (χ0) is 11.5. The average Bonchev–Trinajstić information content (AvgIpc) is 2.30. The minimum absolute atomic E-state index is 0.232. The van der Waals surface area contributed by atoms with E-state index in [9.17, 15) is 10.1 Å². The summed E-state index contributed by atoms with van der Waals surface area (Å²) in [6, 6.07) is 7.87. The van der Waals surface area contributed by atoms with Gasteiger partial charge in [-0.25, -0.2) is 0 Å². The first-order valence-corrected chi connectivity index (χ1v) is 5.29. The number of hydrogen-bond donors (Lipinski definition) is 0. The topological polar surface area (TPSA) is 43.1 Å². The van der Waals surface area contributed by atoms with Crippen LogP contribution < -0.4 is 0 Å². The summed E-state index contributed by atoms with van der Waals surface area (Å²) < 4.78 is 0. The number of benzene rings is 1. The zero-order valence-electron chi connectivity index (χ0n) is 9.14. The highest BCUT2D eigenvalue weighted by molar-refractivity contribution is 5.70. The van der Waals surface area contributed by atoms with Crippen LogP contribution >= 0.6 is 0 Å². The van der Waals surface area contributed by atoms with Gasteiger partial charge in [-0.2, -0.15) is 0 Å². The number of rotatable bonds is 2. The van der Waals surface area contributed by atoms with Gasteiger partial charge in [0.1, 0.15) is 0 Å². The SMILES string of the molecule is Cc1ccc(C2=C([N+](=O)[O-])C=CCC2)cc1. The van der Waals surface area contributed by atoms with Crippen LogP contribution in [0.3, 0.4) is 0 Å². The van der Waals surface area contributed by atoms with E-state index in [1.165, 1.54) is 5.56 Å². The van der Waals surface area contributed by atoms with Gasteiger partial charge in [0, 0.05) is 11.6 Å². The fourth-order valence-electron chi connectivity index (χ4n) is 1.87. The minimum Gasteiger partial charge on any atom is -0.258 e. The van der Waals surface area contributed by atoms with E-state index >= 15 is 0 Å². The van der Waals surface area contributed by atoms with Crippen molar-refractivity contribution in [3.63, 3.8) is 0 Å². The monoisotopic (exact) mass is 215 g/mol. The van der Waals surface area contributed by atoms with Crippen molar-refractivity contribution in [2.45, 2.75) is 19.8 Å². The van der Waals surface area contributed by atoms with Crippen molar-refractivity contribution in [3.8, 4) is 0 Å². The Morgan fingerprint density at radius 1 is 1.25 bits per heavy atom. The van der Waals surface area contributed by atoms with Crippen LogP contribution in [-0.2, 0) is 0 Å². The molecule has 0 aliphatic heterocycles. The van der Waals surface area contributed by atoms with Crippen molar-refractivity contribution in [1.82, 2.24) is 0 Å². The van der Waals surface area contributed by atoms with Crippen LogP contribution in [0.15, 0.2) is 42.1 Å². The summed E-state index contributed by atoms with van der Waals surface area (Å²) in [7, 11) is 0. The van der Waals surface area contributed by atoms with E-state index in [4.69, 9.17) is 0 Å². The fourth-order valence-corrected chi connectivity index (χ4v) is 1.87. The average molecular weight is 215 g/mol. The van der Waals surface area contributed by atoms with Crippen LogP contribution in [0.2, 0.25) is 0 Å². The maximum Gasteiger partial charge on any atom is 0.272 e. The predicted octanol–water partition coefficient (Wildman–Crippen LogP) is 3.33. The maximum absolute atomic E-state index is 10.9. The molecule has 3 heteroatoms. The van der Waals surface area contributed by atoms with Crippen molar-refractivity contribution in [2.24, 2.45) is 0 Å². The van der Waals surface area contributed by atoms with Gasteiger partial charge in [-0.05, 0) is 25.3 Å². The molecule has 0 spiro atoms.